The van der Waals surface area contributed by atoms with Gasteiger partial charge in [0.1, 0.15) is 18.3 Å². The number of methoxy groups -OCH3 is 1. The molecule has 0 aliphatic heterocycles. The predicted octanol–water partition coefficient (Wildman–Crippen LogP) is 5.45. The fourth-order valence-corrected chi connectivity index (χ4v) is 5.90. The lowest BCUT2D eigenvalue weighted by atomic mass is 10.1. The Labute approximate surface area is 245 Å². The molecular formula is C29H33Cl2N3O5S. The Balaban J connectivity index is 2.07. The third-order valence-electron chi connectivity index (χ3n) is 6.32. The molecule has 0 saturated carbocycles. The molecule has 0 spiro atoms. The fourth-order valence-electron chi connectivity index (χ4n) is 4.16. The lowest BCUT2D eigenvalue weighted by molar-refractivity contribution is -0.140. The van der Waals surface area contributed by atoms with Gasteiger partial charge < -0.3 is 15.0 Å². The zero-order valence-electron chi connectivity index (χ0n) is 22.9. The number of nitrogens with one attached hydrogen (secondary N) is 1. The number of amides is 2. The Bertz CT molecular complexity index is 1430. The van der Waals surface area contributed by atoms with Gasteiger partial charge >= 0.3 is 0 Å². The van der Waals surface area contributed by atoms with Gasteiger partial charge in [0.15, 0.2) is 0 Å². The Morgan fingerprint density at radius 2 is 1.60 bits per heavy atom. The van der Waals surface area contributed by atoms with Gasteiger partial charge in [0.2, 0.25) is 11.8 Å². The first-order valence-electron chi connectivity index (χ1n) is 12.8. The monoisotopic (exact) mass is 605 g/mol. The number of hydrogen-bond donors (Lipinski definition) is 1. The summed E-state index contributed by atoms with van der Waals surface area (Å²) in [5.41, 5.74) is 1.81. The zero-order valence-corrected chi connectivity index (χ0v) is 25.2. The number of hydrogen-bond acceptors (Lipinski definition) is 5. The summed E-state index contributed by atoms with van der Waals surface area (Å²) in [5.74, 6) is -0.363. The minimum absolute atomic E-state index is 0.0202. The van der Waals surface area contributed by atoms with E-state index < -0.39 is 28.5 Å². The average Bonchev–Trinajstić information content (AvgIpc) is 2.93. The minimum Gasteiger partial charge on any atom is -0.497 e. The lowest BCUT2D eigenvalue weighted by Crippen LogP contribution is -2.52. The van der Waals surface area contributed by atoms with E-state index in [1.807, 2.05) is 6.92 Å². The van der Waals surface area contributed by atoms with Crippen LogP contribution in [0, 0.1) is 6.92 Å². The quantitative estimate of drug-likeness (QED) is 0.296. The fraction of sp³-hybridized carbons (Fsp3) is 0.310. The van der Waals surface area contributed by atoms with Crippen LogP contribution in [-0.2, 0) is 26.2 Å². The van der Waals surface area contributed by atoms with Gasteiger partial charge in [-0.05, 0) is 74.4 Å². The molecule has 0 fully saturated rings. The van der Waals surface area contributed by atoms with E-state index >= 15 is 0 Å². The Hall–Kier alpha value is -3.27. The average molecular weight is 607 g/mol. The highest BCUT2D eigenvalue weighted by molar-refractivity contribution is 7.92. The summed E-state index contributed by atoms with van der Waals surface area (Å²) < 4.78 is 34.0. The summed E-state index contributed by atoms with van der Waals surface area (Å²) in [6, 6.07) is 16.9. The Kier molecular flexibility index (Phi) is 10.8. The minimum atomic E-state index is -4.16. The van der Waals surface area contributed by atoms with Crippen LogP contribution in [-0.4, -0.2) is 51.4 Å². The van der Waals surface area contributed by atoms with Gasteiger partial charge in [-0.1, -0.05) is 53.9 Å². The highest BCUT2D eigenvalue weighted by Gasteiger charge is 2.33. The van der Waals surface area contributed by atoms with E-state index in [0.717, 1.165) is 9.87 Å². The molecule has 0 aromatic heterocycles. The molecule has 8 nitrogen and oxygen atoms in total. The smallest absolute Gasteiger partial charge is 0.264 e. The molecule has 11 heteroatoms. The van der Waals surface area contributed by atoms with Crippen LogP contribution in [0.5, 0.6) is 5.75 Å². The van der Waals surface area contributed by atoms with Crippen molar-refractivity contribution in [2.75, 3.05) is 24.5 Å². The predicted molar refractivity (Wildman–Crippen MR) is 158 cm³/mol. The van der Waals surface area contributed by atoms with Crippen LogP contribution in [0.25, 0.3) is 0 Å². The molecule has 3 rings (SSSR count). The summed E-state index contributed by atoms with van der Waals surface area (Å²) in [6.07, 6.45) is 0.312. The zero-order chi connectivity index (χ0) is 29.4. The third-order valence-corrected chi connectivity index (χ3v) is 8.85. The number of carbonyl (C=O) groups excluding carboxylic acids is 2. The summed E-state index contributed by atoms with van der Waals surface area (Å²) in [4.78, 5) is 28.4. The molecule has 214 valence electrons. The molecule has 0 aliphatic rings. The van der Waals surface area contributed by atoms with Gasteiger partial charge in [0.05, 0.1) is 27.7 Å². The van der Waals surface area contributed by atoms with Crippen LogP contribution in [0.15, 0.2) is 71.6 Å². The Morgan fingerprint density at radius 3 is 2.15 bits per heavy atom. The maximum absolute atomic E-state index is 14.0. The van der Waals surface area contributed by atoms with Gasteiger partial charge in [0.25, 0.3) is 10.0 Å². The second-order valence-electron chi connectivity index (χ2n) is 9.11. The van der Waals surface area contributed by atoms with Crippen molar-refractivity contribution in [2.45, 2.75) is 44.7 Å². The molecule has 3 aromatic carbocycles. The van der Waals surface area contributed by atoms with Crippen molar-refractivity contribution < 1.29 is 22.7 Å². The molecule has 40 heavy (non-hydrogen) atoms. The van der Waals surface area contributed by atoms with E-state index in [1.165, 1.54) is 24.1 Å². The summed E-state index contributed by atoms with van der Waals surface area (Å²) >= 11 is 12.3. The standard InChI is InChI=1S/C29H33Cl2N3O5S/c1-5-27(29(36)32-6-2)33(18-21-9-16-25(30)26(31)17-21)28(35)19-34(22-10-12-23(39-4)13-11-22)40(37,38)24-14-7-20(3)8-15-24/h7-17,27H,5-6,18-19H2,1-4H3,(H,32,36)/t27-/m1/s1. The van der Waals surface area contributed by atoms with Crippen molar-refractivity contribution in [1.29, 1.82) is 0 Å². The second-order valence-corrected chi connectivity index (χ2v) is 11.8. The molecule has 0 bridgehead atoms. The van der Waals surface area contributed by atoms with Crippen molar-refractivity contribution in [3.05, 3.63) is 87.9 Å². The number of benzene rings is 3. The first kappa shape index (κ1) is 31.3. The van der Waals surface area contributed by atoms with Crippen molar-refractivity contribution in [3.63, 3.8) is 0 Å². The van der Waals surface area contributed by atoms with E-state index in [1.54, 1.807) is 68.4 Å². The number of ether oxygens (including phenoxy) is 1. The number of aryl methyl sites for hydroxylation is 1. The van der Waals surface area contributed by atoms with Crippen LogP contribution in [0.1, 0.15) is 31.4 Å². The number of carbonyl (C=O) groups is 2. The van der Waals surface area contributed by atoms with Gasteiger partial charge in [-0.25, -0.2) is 8.42 Å². The molecule has 2 amide bonds. The number of halogens is 2. The van der Waals surface area contributed by atoms with Crippen molar-refractivity contribution in [1.82, 2.24) is 10.2 Å². The van der Waals surface area contributed by atoms with E-state index in [4.69, 9.17) is 27.9 Å². The van der Waals surface area contributed by atoms with Crippen LogP contribution in [0.3, 0.4) is 0 Å². The lowest BCUT2D eigenvalue weighted by Gasteiger charge is -2.33. The SMILES string of the molecule is CCNC(=O)[C@@H](CC)N(Cc1ccc(Cl)c(Cl)c1)C(=O)CN(c1ccc(OC)cc1)S(=O)(=O)c1ccc(C)cc1. The van der Waals surface area contributed by atoms with Crippen molar-refractivity contribution in [2.24, 2.45) is 0 Å². The van der Waals surface area contributed by atoms with E-state index in [2.05, 4.69) is 5.32 Å². The topological polar surface area (TPSA) is 96.0 Å². The molecule has 0 saturated heterocycles. The van der Waals surface area contributed by atoms with Gasteiger partial charge in [0, 0.05) is 13.1 Å². The molecular weight excluding hydrogens is 573 g/mol. The number of nitrogens with zero attached hydrogens (tertiary/aromatic N) is 2. The van der Waals surface area contributed by atoms with Crippen molar-refractivity contribution >= 4 is 50.7 Å². The molecule has 0 aliphatic carbocycles. The normalized spacial score (nSPS) is 11.9. The summed E-state index contributed by atoms with van der Waals surface area (Å²) in [5, 5.41) is 3.43. The first-order valence-corrected chi connectivity index (χ1v) is 15.0. The molecule has 3 aromatic rings. The van der Waals surface area contributed by atoms with Crippen LogP contribution in [0.2, 0.25) is 10.0 Å². The highest BCUT2D eigenvalue weighted by atomic mass is 35.5. The summed E-state index contributed by atoms with van der Waals surface area (Å²) in [6.45, 7) is 5.29. The molecule has 0 unspecified atom stereocenters. The second kappa shape index (κ2) is 13.9. The maximum atomic E-state index is 14.0. The summed E-state index contributed by atoms with van der Waals surface area (Å²) in [7, 11) is -2.65. The first-order chi connectivity index (χ1) is 19.0. The van der Waals surface area contributed by atoms with Crippen LogP contribution >= 0.6 is 23.2 Å². The highest BCUT2D eigenvalue weighted by Crippen LogP contribution is 2.28. The van der Waals surface area contributed by atoms with Crippen molar-refractivity contribution in [3.8, 4) is 5.75 Å². The Morgan fingerprint density at radius 1 is 0.950 bits per heavy atom. The number of anilines is 1. The van der Waals surface area contributed by atoms with Gasteiger partial charge in [-0.15, -0.1) is 0 Å². The van der Waals surface area contributed by atoms with Gasteiger partial charge in [-0.2, -0.15) is 0 Å². The van der Waals surface area contributed by atoms with E-state index in [9.17, 15) is 18.0 Å². The van der Waals surface area contributed by atoms with Crippen LogP contribution in [0.4, 0.5) is 5.69 Å². The largest absolute Gasteiger partial charge is 0.497 e. The molecule has 1 N–H and O–H groups in total. The number of rotatable bonds is 12. The van der Waals surface area contributed by atoms with Crippen LogP contribution < -0.4 is 14.4 Å². The molecule has 0 heterocycles. The maximum Gasteiger partial charge on any atom is 0.264 e. The number of likely N-dealkylation sites (N-methyl/N-ethyl adjacent to an activating group) is 1. The molecule has 1 atom stereocenters. The molecule has 0 radical (unpaired) electrons. The van der Waals surface area contributed by atoms with E-state index in [0.29, 0.717) is 34.3 Å². The number of sulfonamides is 1. The van der Waals surface area contributed by atoms with E-state index in [-0.39, 0.29) is 23.0 Å². The van der Waals surface area contributed by atoms with Gasteiger partial charge in [-0.3, -0.25) is 13.9 Å². The third kappa shape index (κ3) is 7.47.